The third kappa shape index (κ3) is 3.17. The molecule has 0 spiro atoms. The molecular weight excluding hydrogens is 424 g/mol. The van der Waals surface area contributed by atoms with Gasteiger partial charge in [-0.25, -0.2) is 0 Å². The summed E-state index contributed by atoms with van der Waals surface area (Å²) in [6, 6.07) is 22.9. The van der Waals surface area contributed by atoms with E-state index in [1.807, 2.05) is 24.3 Å². The van der Waals surface area contributed by atoms with E-state index in [4.69, 9.17) is 9.47 Å². The largest absolute Gasteiger partial charge is 0.486 e. The minimum absolute atomic E-state index is 0.0932. The summed E-state index contributed by atoms with van der Waals surface area (Å²) >= 11 is 0. The molecule has 2 aliphatic heterocycles. The molecule has 3 aromatic carbocycles. The number of hydrogen-bond donors (Lipinski definition) is 2. The normalized spacial score (nSPS) is 27.9. The lowest BCUT2D eigenvalue weighted by atomic mass is 9.68. The Kier molecular flexibility index (Phi) is 4.57. The fourth-order valence-electron chi connectivity index (χ4n) is 6.94. The molecule has 1 amide bonds. The molecule has 0 saturated heterocycles. The van der Waals surface area contributed by atoms with Crippen LogP contribution in [0.25, 0.3) is 0 Å². The molecule has 4 aliphatic rings. The maximum absolute atomic E-state index is 13.2. The van der Waals surface area contributed by atoms with Gasteiger partial charge < -0.3 is 20.1 Å². The van der Waals surface area contributed by atoms with E-state index in [1.54, 1.807) is 0 Å². The van der Waals surface area contributed by atoms with E-state index in [0.717, 1.165) is 17.6 Å². The van der Waals surface area contributed by atoms with Gasteiger partial charge in [0.2, 0.25) is 0 Å². The van der Waals surface area contributed by atoms with Crippen molar-refractivity contribution in [2.24, 2.45) is 17.8 Å². The quantitative estimate of drug-likeness (QED) is 0.511. The van der Waals surface area contributed by atoms with Crippen molar-refractivity contribution >= 4 is 17.3 Å². The third-order valence-corrected chi connectivity index (χ3v) is 8.31. The highest BCUT2D eigenvalue weighted by Crippen LogP contribution is 2.63. The van der Waals surface area contributed by atoms with Crippen LogP contribution in [0.4, 0.5) is 11.4 Å². The monoisotopic (exact) mass is 452 g/mol. The average Bonchev–Trinajstić information content (AvgIpc) is 3.51. The van der Waals surface area contributed by atoms with Crippen LogP contribution >= 0.6 is 0 Å². The van der Waals surface area contributed by atoms with Gasteiger partial charge in [0.15, 0.2) is 11.5 Å². The third-order valence-electron chi connectivity index (χ3n) is 8.31. The van der Waals surface area contributed by atoms with E-state index < -0.39 is 0 Å². The average molecular weight is 453 g/mol. The Balaban J connectivity index is 1.20. The molecule has 0 unspecified atom stereocenters. The van der Waals surface area contributed by atoms with E-state index in [2.05, 4.69) is 53.1 Å². The van der Waals surface area contributed by atoms with Gasteiger partial charge in [0.1, 0.15) is 13.2 Å². The van der Waals surface area contributed by atoms with Crippen molar-refractivity contribution in [3.8, 4) is 11.5 Å². The molecule has 7 rings (SSSR count). The fraction of sp³-hybridized carbons (Fsp3) is 0.345. The predicted molar refractivity (Wildman–Crippen MR) is 132 cm³/mol. The van der Waals surface area contributed by atoms with Gasteiger partial charge in [-0.15, -0.1) is 0 Å². The number of nitrogens with one attached hydrogen (secondary N) is 2. The molecule has 2 saturated carbocycles. The highest BCUT2D eigenvalue weighted by molar-refractivity contribution is 6.05. The number of benzene rings is 3. The second-order valence-corrected chi connectivity index (χ2v) is 10.1. The molecule has 5 atom stereocenters. The molecule has 2 aliphatic carbocycles. The van der Waals surface area contributed by atoms with Crippen molar-refractivity contribution in [2.75, 3.05) is 23.8 Å². The molecule has 2 heterocycles. The topological polar surface area (TPSA) is 59.6 Å². The highest BCUT2D eigenvalue weighted by Gasteiger charge is 2.53. The number of anilines is 2. The molecular formula is C29H28N2O3. The number of rotatable bonds is 3. The van der Waals surface area contributed by atoms with Crippen LogP contribution < -0.4 is 20.1 Å². The Morgan fingerprint density at radius 2 is 1.71 bits per heavy atom. The summed E-state index contributed by atoms with van der Waals surface area (Å²) in [4.78, 5) is 13.2. The van der Waals surface area contributed by atoms with Crippen LogP contribution in [-0.2, 0) is 0 Å². The molecule has 172 valence electrons. The van der Waals surface area contributed by atoms with E-state index in [0.29, 0.717) is 48.1 Å². The predicted octanol–water partition coefficient (Wildman–Crippen LogP) is 6.01. The first-order chi connectivity index (χ1) is 16.7. The van der Waals surface area contributed by atoms with Crippen molar-refractivity contribution in [3.63, 3.8) is 0 Å². The number of amides is 1. The van der Waals surface area contributed by atoms with Crippen molar-refractivity contribution in [1.29, 1.82) is 0 Å². The molecule has 0 aromatic heterocycles. The SMILES string of the molecule is O=C(Nc1ccc2c(c1)OCCO2)c1ccc2c(c1)[C@H]1[C@H]3CC[C@H](C3)[C@@H]1[C@H](c1ccccc1)N2. The van der Waals surface area contributed by atoms with Crippen LogP contribution in [0.5, 0.6) is 11.5 Å². The van der Waals surface area contributed by atoms with E-state index in [1.165, 1.54) is 36.1 Å². The standard InChI is InChI=1S/C29H28N2O3/c32-29(30-21-9-11-24-25(16-21)34-13-12-33-24)20-8-10-23-22(15-20)26-18-6-7-19(14-18)27(26)28(31-23)17-4-2-1-3-5-17/h1-5,8-11,15-16,18-19,26-28,31H,6-7,12-14H2,(H,30,32)/t18-,19+,26+,27-,28-/m0/s1. The molecule has 2 N–H and O–H groups in total. The van der Waals surface area contributed by atoms with Crippen LogP contribution in [-0.4, -0.2) is 19.1 Å². The summed E-state index contributed by atoms with van der Waals surface area (Å²) in [7, 11) is 0. The van der Waals surface area contributed by atoms with Crippen molar-refractivity contribution in [2.45, 2.75) is 31.2 Å². The van der Waals surface area contributed by atoms with Crippen LogP contribution in [0.2, 0.25) is 0 Å². The second-order valence-electron chi connectivity index (χ2n) is 10.1. The second kappa shape index (κ2) is 7.79. The summed E-state index contributed by atoms with van der Waals surface area (Å²) in [5, 5.41) is 6.91. The van der Waals surface area contributed by atoms with Crippen LogP contribution in [0, 0.1) is 17.8 Å². The Morgan fingerprint density at radius 3 is 2.59 bits per heavy atom. The molecule has 3 aromatic rings. The molecule has 5 heteroatoms. The summed E-state index contributed by atoms with van der Waals surface area (Å²) < 4.78 is 11.3. The van der Waals surface area contributed by atoms with Crippen LogP contribution in [0.3, 0.4) is 0 Å². The van der Waals surface area contributed by atoms with Gasteiger partial charge in [-0.05, 0) is 84.4 Å². The van der Waals surface area contributed by atoms with Crippen molar-refractivity contribution in [3.05, 3.63) is 83.4 Å². The Hall–Kier alpha value is -3.47. The van der Waals surface area contributed by atoms with Gasteiger partial charge in [0.25, 0.3) is 5.91 Å². The highest BCUT2D eigenvalue weighted by atomic mass is 16.6. The number of carbonyl (C=O) groups excluding carboxylic acids is 1. The van der Waals surface area contributed by atoms with Crippen molar-refractivity contribution < 1.29 is 14.3 Å². The zero-order valence-electron chi connectivity index (χ0n) is 19.0. The lowest BCUT2D eigenvalue weighted by molar-refractivity contribution is 0.102. The van der Waals surface area contributed by atoms with E-state index >= 15 is 0 Å². The van der Waals surface area contributed by atoms with Crippen LogP contribution in [0.1, 0.15) is 52.7 Å². The van der Waals surface area contributed by atoms with Crippen LogP contribution in [0.15, 0.2) is 66.7 Å². The van der Waals surface area contributed by atoms with Gasteiger partial charge >= 0.3 is 0 Å². The summed E-state index contributed by atoms with van der Waals surface area (Å²) in [5.74, 6) is 3.89. The minimum atomic E-state index is -0.0932. The minimum Gasteiger partial charge on any atom is -0.486 e. The molecule has 2 fully saturated rings. The summed E-state index contributed by atoms with van der Waals surface area (Å²) in [6.07, 6.45) is 3.95. The van der Waals surface area contributed by atoms with Gasteiger partial charge in [-0.2, -0.15) is 0 Å². The summed E-state index contributed by atoms with van der Waals surface area (Å²) in [6.45, 7) is 1.08. The van der Waals surface area contributed by atoms with Gasteiger partial charge in [-0.1, -0.05) is 30.3 Å². The zero-order valence-corrected chi connectivity index (χ0v) is 19.0. The Morgan fingerprint density at radius 1 is 0.882 bits per heavy atom. The number of hydrogen-bond acceptors (Lipinski definition) is 4. The number of carbonyl (C=O) groups is 1. The fourth-order valence-corrected chi connectivity index (χ4v) is 6.94. The molecule has 0 radical (unpaired) electrons. The Bertz CT molecular complexity index is 1260. The zero-order chi connectivity index (χ0) is 22.6. The van der Waals surface area contributed by atoms with Crippen molar-refractivity contribution in [1.82, 2.24) is 0 Å². The lowest BCUT2D eigenvalue weighted by Crippen LogP contribution is -2.35. The molecule has 2 bridgehead atoms. The van der Waals surface area contributed by atoms with Gasteiger partial charge in [-0.3, -0.25) is 4.79 Å². The maximum Gasteiger partial charge on any atom is 0.255 e. The Labute approximate surface area is 199 Å². The van der Waals surface area contributed by atoms with Gasteiger partial charge in [0.05, 0.1) is 6.04 Å². The smallest absolute Gasteiger partial charge is 0.255 e. The lowest BCUT2D eigenvalue weighted by Gasteiger charge is -2.43. The van der Waals surface area contributed by atoms with E-state index in [-0.39, 0.29) is 5.91 Å². The van der Waals surface area contributed by atoms with E-state index in [9.17, 15) is 4.79 Å². The molecule has 5 nitrogen and oxygen atoms in total. The van der Waals surface area contributed by atoms with Gasteiger partial charge in [0, 0.05) is 23.0 Å². The summed E-state index contributed by atoms with van der Waals surface area (Å²) in [5.41, 5.74) is 5.29. The first kappa shape index (κ1) is 20.0. The number of ether oxygens (including phenoxy) is 2. The first-order valence-electron chi connectivity index (χ1n) is 12.4. The first-order valence-corrected chi connectivity index (χ1v) is 12.4. The maximum atomic E-state index is 13.2. The number of fused-ring (bicyclic) bond motifs is 8. The molecule has 34 heavy (non-hydrogen) atoms.